The van der Waals surface area contributed by atoms with Crippen LogP contribution < -0.4 is 5.32 Å². The lowest BCUT2D eigenvalue weighted by molar-refractivity contribution is 0.0945. The van der Waals surface area contributed by atoms with E-state index in [1.165, 1.54) is 0 Å². The highest BCUT2D eigenvalue weighted by Crippen LogP contribution is 2.20. The summed E-state index contributed by atoms with van der Waals surface area (Å²) in [6.07, 6.45) is 0. The molecule has 0 fully saturated rings. The smallest absolute Gasteiger partial charge is 0.273 e. The summed E-state index contributed by atoms with van der Waals surface area (Å²) in [5, 5.41) is 13.5. The average molecular weight is 317 g/mol. The van der Waals surface area contributed by atoms with Crippen LogP contribution in [0.5, 0.6) is 0 Å². The molecule has 0 unspecified atom stereocenters. The van der Waals surface area contributed by atoms with Gasteiger partial charge < -0.3 is 9.84 Å². The third-order valence-corrected chi connectivity index (χ3v) is 3.60. The van der Waals surface area contributed by atoms with Crippen LogP contribution >= 0.6 is 11.6 Å². The van der Waals surface area contributed by atoms with Crippen LogP contribution in [-0.2, 0) is 6.54 Å². The lowest BCUT2D eigenvalue weighted by Crippen LogP contribution is -2.23. The summed E-state index contributed by atoms with van der Waals surface area (Å²) in [5.41, 5.74) is 2.37. The molecule has 0 aliphatic heterocycles. The molecule has 7 heteroatoms. The largest absolute Gasteiger partial charge is 0.356 e. The highest BCUT2D eigenvalue weighted by atomic mass is 35.5. The van der Waals surface area contributed by atoms with Crippen LogP contribution in [0.25, 0.3) is 11.3 Å². The number of hydrogen-bond acceptors (Lipinski definition) is 4. The van der Waals surface area contributed by atoms with E-state index >= 15 is 0 Å². The molecule has 3 aromatic rings. The first kappa shape index (κ1) is 14.3. The van der Waals surface area contributed by atoms with Crippen LogP contribution in [0.2, 0.25) is 5.02 Å². The second-order valence-electron chi connectivity index (χ2n) is 4.74. The van der Waals surface area contributed by atoms with Crippen molar-refractivity contribution in [2.45, 2.75) is 13.5 Å². The average Bonchev–Trinajstić information content (AvgIpc) is 3.14. The van der Waals surface area contributed by atoms with Crippen LogP contribution in [0.3, 0.4) is 0 Å². The Morgan fingerprint density at radius 1 is 1.36 bits per heavy atom. The number of aromatic nitrogens is 3. The van der Waals surface area contributed by atoms with Crippen molar-refractivity contribution in [3.8, 4) is 11.3 Å². The summed E-state index contributed by atoms with van der Waals surface area (Å²) in [4.78, 5) is 12.0. The number of aromatic amines is 1. The first-order valence-electron chi connectivity index (χ1n) is 6.65. The molecule has 2 aromatic heterocycles. The van der Waals surface area contributed by atoms with Crippen molar-refractivity contribution >= 4 is 17.5 Å². The van der Waals surface area contributed by atoms with Gasteiger partial charge in [0.1, 0.15) is 5.69 Å². The predicted octanol–water partition coefficient (Wildman–Crippen LogP) is 2.96. The summed E-state index contributed by atoms with van der Waals surface area (Å²) in [5.74, 6) is 0.289. The second-order valence-corrected chi connectivity index (χ2v) is 5.12. The quantitative estimate of drug-likeness (QED) is 0.775. The summed E-state index contributed by atoms with van der Waals surface area (Å²) < 4.78 is 5.27. The Balaban J connectivity index is 1.66. The van der Waals surface area contributed by atoms with Gasteiger partial charge in [0.25, 0.3) is 5.91 Å². The number of benzene rings is 1. The summed E-state index contributed by atoms with van der Waals surface area (Å²) >= 11 is 5.98. The molecule has 0 spiro atoms. The fourth-order valence-electron chi connectivity index (χ4n) is 1.95. The number of nitrogens with one attached hydrogen (secondary N) is 2. The third kappa shape index (κ3) is 2.87. The van der Waals surface area contributed by atoms with Gasteiger partial charge in [0.2, 0.25) is 0 Å². The van der Waals surface area contributed by atoms with Crippen LogP contribution in [-0.4, -0.2) is 21.3 Å². The molecular formula is C15H13ClN4O2. The van der Waals surface area contributed by atoms with E-state index < -0.39 is 0 Å². The Morgan fingerprint density at radius 3 is 2.82 bits per heavy atom. The first-order chi connectivity index (χ1) is 10.6. The van der Waals surface area contributed by atoms with Gasteiger partial charge in [0.05, 0.1) is 17.3 Å². The Hall–Kier alpha value is -2.60. The molecule has 0 atom stereocenters. The van der Waals surface area contributed by atoms with Crippen LogP contribution in [0.15, 0.2) is 40.9 Å². The standard InChI is InChI=1S/C15H13ClN4O2/c1-9-13(16)14(19-18-9)15(21)17-8-11-7-12(22-20-11)10-5-3-2-4-6-10/h2-7H,8H2,1H3,(H,17,21)(H,18,19). The molecule has 1 aromatic carbocycles. The van der Waals surface area contributed by atoms with Gasteiger partial charge in [0, 0.05) is 11.6 Å². The fraction of sp³-hybridized carbons (Fsp3) is 0.133. The van der Waals surface area contributed by atoms with Gasteiger partial charge in [-0.15, -0.1) is 0 Å². The molecule has 1 amide bonds. The number of hydrogen-bond donors (Lipinski definition) is 2. The maximum Gasteiger partial charge on any atom is 0.273 e. The van der Waals surface area contributed by atoms with Crippen LogP contribution in [0.4, 0.5) is 0 Å². The third-order valence-electron chi connectivity index (χ3n) is 3.13. The van der Waals surface area contributed by atoms with Crippen LogP contribution in [0, 0.1) is 6.92 Å². The molecule has 0 aliphatic rings. The molecule has 2 N–H and O–H groups in total. The zero-order chi connectivity index (χ0) is 15.5. The number of H-pyrrole nitrogens is 1. The van der Waals surface area contributed by atoms with Gasteiger partial charge in [-0.1, -0.05) is 47.1 Å². The zero-order valence-electron chi connectivity index (χ0n) is 11.8. The highest BCUT2D eigenvalue weighted by molar-refractivity contribution is 6.34. The van der Waals surface area contributed by atoms with E-state index in [2.05, 4.69) is 20.7 Å². The number of nitrogens with zero attached hydrogens (tertiary/aromatic N) is 2. The number of carbonyl (C=O) groups is 1. The number of rotatable bonds is 4. The molecule has 112 valence electrons. The minimum absolute atomic E-state index is 0.172. The van der Waals surface area contributed by atoms with Crippen molar-refractivity contribution in [1.29, 1.82) is 0 Å². The SMILES string of the molecule is Cc1[nH]nc(C(=O)NCc2cc(-c3ccccc3)on2)c1Cl. The topological polar surface area (TPSA) is 83.8 Å². The lowest BCUT2D eigenvalue weighted by Gasteiger charge is -1.99. The molecule has 0 bridgehead atoms. The number of aryl methyl sites for hydroxylation is 1. The normalized spacial score (nSPS) is 10.6. The predicted molar refractivity (Wildman–Crippen MR) is 81.4 cm³/mol. The molecule has 0 saturated heterocycles. The molecule has 6 nitrogen and oxygen atoms in total. The molecule has 22 heavy (non-hydrogen) atoms. The molecular weight excluding hydrogens is 304 g/mol. The maximum atomic E-state index is 12.0. The van der Waals surface area contributed by atoms with Gasteiger partial charge in [-0.05, 0) is 6.92 Å². The zero-order valence-corrected chi connectivity index (χ0v) is 12.5. The van der Waals surface area contributed by atoms with E-state index in [9.17, 15) is 4.79 Å². The molecule has 2 heterocycles. The Bertz CT molecular complexity index is 795. The Kier molecular flexibility index (Phi) is 3.93. The summed E-state index contributed by atoms with van der Waals surface area (Å²) in [6, 6.07) is 11.4. The van der Waals surface area contributed by atoms with E-state index in [1.807, 2.05) is 30.3 Å². The number of carbonyl (C=O) groups excluding carboxylic acids is 1. The van der Waals surface area contributed by atoms with E-state index in [0.717, 1.165) is 5.56 Å². The first-order valence-corrected chi connectivity index (χ1v) is 7.02. The van der Waals surface area contributed by atoms with Gasteiger partial charge in [-0.25, -0.2) is 0 Å². The van der Waals surface area contributed by atoms with Crippen molar-refractivity contribution in [3.63, 3.8) is 0 Å². The van der Waals surface area contributed by atoms with Gasteiger partial charge in [-0.2, -0.15) is 5.10 Å². The highest BCUT2D eigenvalue weighted by Gasteiger charge is 2.16. The molecule has 0 saturated carbocycles. The van der Waals surface area contributed by atoms with E-state index in [-0.39, 0.29) is 18.1 Å². The minimum Gasteiger partial charge on any atom is -0.356 e. The number of halogens is 1. The van der Waals surface area contributed by atoms with Gasteiger partial charge >= 0.3 is 0 Å². The second kappa shape index (κ2) is 6.03. The van der Waals surface area contributed by atoms with Crippen molar-refractivity contribution in [2.75, 3.05) is 0 Å². The van der Waals surface area contributed by atoms with Gasteiger partial charge in [-0.3, -0.25) is 9.89 Å². The van der Waals surface area contributed by atoms with Crippen molar-refractivity contribution in [2.24, 2.45) is 0 Å². The fourth-order valence-corrected chi connectivity index (χ4v) is 2.12. The van der Waals surface area contributed by atoms with Gasteiger partial charge in [0.15, 0.2) is 11.5 Å². The van der Waals surface area contributed by atoms with Crippen molar-refractivity contribution < 1.29 is 9.32 Å². The van der Waals surface area contributed by atoms with E-state index in [4.69, 9.17) is 16.1 Å². The summed E-state index contributed by atoms with van der Waals surface area (Å²) in [6.45, 7) is 1.98. The Morgan fingerprint density at radius 2 is 2.14 bits per heavy atom. The molecule has 0 radical (unpaired) electrons. The molecule has 3 rings (SSSR count). The minimum atomic E-state index is -0.362. The number of amides is 1. The Labute approximate surface area is 131 Å². The molecule has 0 aliphatic carbocycles. The summed E-state index contributed by atoms with van der Waals surface area (Å²) in [7, 11) is 0. The maximum absolute atomic E-state index is 12.0. The lowest BCUT2D eigenvalue weighted by atomic mass is 10.2. The van der Waals surface area contributed by atoms with Crippen molar-refractivity contribution in [1.82, 2.24) is 20.7 Å². The van der Waals surface area contributed by atoms with E-state index in [0.29, 0.717) is 22.2 Å². The van der Waals surface area contributed by atoms with E-state index in [1.54, 1.807) is 13.0 Å². The van der Waals surface area contributed by atoms with Crippen LogP contribution in [0.1, 0.15) is 21.9 Å². The van der Waals surface area contributed by atoms with Crippen molar-refractivity contribution in [3.05, 3.63) is 58.5 Å². The monoisotopic (exact) mass is 316 g/mol.